The fourth-order valence-electron chi connectivity index (χ4n) is 2.51. The maximum Gasteiger partial charge on any atom is 0.257 e. The zero-order chi connectivity index (χ0) is 15.5. The minimum atomic E-state index is -0.218. The number of nitrogens with zero attached hydrogens (tertiary/aromatic N) is 2. The van der Waals surface area contributed by atoms with E-state index in [-0.39, 0.29) is 5.91 Å². The van der Waals surface area contributed by atoms with Gasteiger partial charge in [-0.15, -0.1) is 0 Å². The molecule has 0 atom stereocenters. The van der Waals surface area contributed by atoms with Crippen molar-refractivity contribution in [2.75, 3.05) is 34.8 Å². The van der Waals surface area contributed by atoms with Crippen LogP contribution in [-0.2, 0) is 0 Å². The van der Waals surface area contributed by atoms with E-state index in [2.05, 4.69) is 15.2 Å². The zero-order valence-corrected chi connectivity index (χ0v) is 12.2. The molecule has 1 saturated heterocycles. The molecule has 22 heavy (non-hydrogen) atoms. The summed E-state index contributed by atoms with van der Waals surface area (Å²) in [7, 11) is 0. The number of carbonyl (C=O) groups is 1. The van der Waals surface area contributed by atoms with E-state index < -0.39 is 0 Å². The lowest BCUT2D eigenvalue weighted by atomic mass is 10.2. The summed E-state index contributed by atoms with van der Waals surface area (Å²) in [6.45, 7) is 2.06. The van der Waals surface area contributed by atoms with E-state index >= 15 is 0 Å². The Bertz CT molecular complexity index is 677. The predicted molar refractivity (Wildman–Crippen MR) is 88.9 cm³/mol. The molecule has 3 rings (SSSR count). The van der Waals surface area contributed by atoms with Crippen molar-refractivity contribution in [3.8, 4) is 0 Å². The molecule has 0 radical (unpaired) electrons. The first-order valence-electron chi connectivity index (χ1n) is 7.31. The molecule has 1 aliphatic heterocycles. The lowest BCUT2D eigenvalue weighted by Gasteiger charge is -2.16. The largest absolute Gasteiger partial charge is 0.397 e. The molecule has 0 spiro atoms. The monoisotopic (exact) mass is 297 g/mol. The van der Waals surface area contributed by atoms with Crippen LogP contribution in [0.25, 0.3) is 0 Å². The van der Waals surface area contributed by atoms with Gasteiger partial charge in [-0.25, -0.2) is 4.98 Å². The summed E-state index contributed by atoms with van der Waals surface area (Å²) >= 11 is 0. The summed E-state index contributed by atoms with van der Waals surface area (Å²) < 4.78 is 0. The molecule has 2 aromatic rings. The molecule has 6 heteroatoms. The third-order valence-corrected chi connectivity index (χ3v) is 3.78. The number of hydrogen-bond acceptors (Lipinski definition) is 5. The summed E-state index contributed by atoms with van der Waals surface area (Å²) in [6, 6.07) is 8.70. The summed E-state index contributed by atoms with van der Waals surface area (Å²) in [5.74, 6) is 0.704. The van der Waals surface area contributed by atoms with Crippen molar-refractivity contribution in [1.29, 1.82) is 0 Å². The molecule has 1 aromatic carbocycles. The van der Waals surface area contributed by atoms with E-state index in [1.807, 2.05) is 6.07 Å². The molecule has 6 nitrogen and oxygen atoms in total. The Kier molecular flexibility index (Phi) is 3.82. The van der Waals surface area contributed by atoms with Gasteiger partial charge in [0, 0.05) is 25.0 Å². The topological polar surface area (TPSA) is 97.3 Å². The molecule has 0 aliphatic carbocycles. The van der Waals surface area contributed by atoms with Crippen LogP contribution < -0.4 is 21.7 Å². The minimum absolute atomic E-state index is 0.218. The van der Waals surface area contributed by atoms with Crippen LogP contribution in [0, 0.1) is 0 Å². The normalized spacial score (nSPS) is 14.1. The van der Waals surface area contributed by atoms with Crippen LogP contribution in [0.5, 0.6) is 0 Å². The van der Waals surface area contributed by atoms with Crippen LogP contribution in [0.2, 0.25) is 0 Å². The summed E-state index contributed by atoms with van der Waals surface area (Å²) in [6.07, 6.45) is 3.99. The Balaban J connectivity index is 1.70. The molecule has 0 bridgehead atoms. The Morgan fingerprint density at radius 2 is 1.86 bits per heavy atom. The molecule has 0 unspecified atom stereocenters. The van der Waals surface area contributed by atoms with E-state index in [0.717, 1.165) is 18.9 Å². The Hall–Kier alpha value is -2.76. The van der Waals surface area contributed by atoms with Crippen LogP contribution >= 0.6 is 0 Å². The van der Waals surface area contributed by atoms with Crippen molar-refractivity contribution in [3.63, 3.8) is 0 Å². The zero-order valence-electron chi connectivity index (χ0n) is 12.2. The molecule has 1 fully saturated rings. The maximum absolute atomic E-state index is 12.2. The number of hydrogen-bond donors (Lipinski definition) is 3. The second-order valence-corrected chi connectivity index (χ2v) is 5.40. The number of aromatic nitrogens is 1. The first-order chi connectivity index (χ1) is 10.6. The molecule has 2 heterocycles. The van der Waals surface area contributed by atoms with E-state index in [1.165, 1.54) is 12.8 Å². The van der Waals surface area contributed by atoms with Gasteiger partial charge in [-0.05, 0) is 43.2 Å². The van der Waals surface area contributed by atoms with Gasteiger partial charge >= 0.3 is 0 Å². The average Bonchev–Trinajstić information content (AvgIpc) is 3.05. The highest BCUT2D eigenvalue weighted by molar-refractivity contribution is 6.04. The highest BCUT2D eigenvalue weighted by atomic mass is 16.1. The van der Waals surface area contributed by atoms with Gasteiger partial charge in [0.1, 0.15) is 5.82 Å². The van der Waals surface area contributed by atoms with Crippen molar-refractivity contribution in [1.82, 2.24) is 4.98 Å². The van der Waals surface area contributed by atoms with Gasteiger partial charge < -0.3 is 21.7 Å². The van der Waals surface area contributed by atoms with Gasteiger partial charge in [0.15, 0.2) is 0 Å². The van der Waals surface area contributed by atoms with E-state index in [4.69, 9.17) is 11.5 Å². The number of amides is 1. The average molecular weight is 297 g/mol. The summed E-state index contributed by atoms with van der Waals surface area (Å²) in [5, 5.41) is 2.79. The molecule has 1 amide bonds. The van der Waals surface area contributed by atoms with Crippen molar-refractivity contribution >= 4 is 28.8 Å². The van der Waals surface area contributed by atoms with E-state index in [9.17, 15) is 4.79 Å². The van der Waals surface area contributed by atoms with Crippen LogP contribution in [0.3, 0.4) is 0 Å². The molecule has 114 valence electrons. The van der Waals surface area contributed by atoms with E-state index in [1.54, 1.807) is 30.5 Å². The highest BCUT2D eigenvalue weighted by Crippen LogP contribution is 2.21. The first-order valence-corrected chi connectivity index (χ1v) is 7.31. The van der Waals surface area contributed by atoms with Crippen molar-refractivity contribution in [2.24, 2.45) is 0 Å². The Morgan fingerprint density at radius 1 is 1.09 bits per heavy atom. The van der Waals surface area contributed by atoms with Crippen molar-refractivity contribution in [2.45, 2.75) is 12.8 Å². The smallest absolute Gasteiger partial charge is 0.257 e. The fraction of sp³-hybridized carbons (Fsp3) is 0.250. The van der Waals surface area contributed by atoms with Crippen molar-refractivity contribution in [3.05, 3.63) is 42.1 Å². The SMILES string of the molecule is Nc1ccc(NC(=O)c2ccc(N3CCCC3)nc2)cc1N. The molecule has 1 aromatic heterocycles. The maximum atomic E-state index is 12.2. The quantitative estimate of drug-likeness (QED) is 0.754. The molecule has 0 saturated carbocycles. The van der Waals surface area contributed by atoms with E-state index in [0.29, 0.717) is 22.6 Å². The number of carbonyl (C=O) groups excluding carboxylic acids is 1. The summed E-state index contributed by atoms with van der Waals surface area (Å²) in [5.41, 5.74) is 13.4. The fourth-order valence-corrected chi connectivity index (χ4v) is 2.51. The number of rotatable bonds is 3. The van der Waals surface area contributed by atoms with Gasteiger partial charge in [0.05, 0.1) is 16.9 Å². The number of benzene rings is 1. The predicted octanol–water partition coefficient (Wildman–Crippen LogP) is 2.10. The van der Waals surface area contributed by atoms with Crippen LogP contribution in [0.4, 0.5) is 22.9 Å². The van der Waals surface area contributed by atoms with Crippen LogP contribution in [0.15, 0.2) is 36.5 Å². The lowest BCUT2D eigenvalue weighted by Crippen LogP contribution is -2.19. The third kappa shape index (κ3) is 2.95. The first kappa shape index (κ1) is 14.2. The molecule has 5 N–H and O–H groups in total. The second-order valence-electron chi connectivity index (χ2n) is 5.40. The highest BCUT2D eigenvalue weighted by Gasteiger charge is 2.14. The Morgan fingerprint density at radius 3 is 2.50 bits per heavy atom. The van der Waals surface area contributed by atoms with Gasteiger partial charge in [-0.3, -0.25) is 4.79 Å². The second kappa shape index (κ2) is 5.93. The van der Waals surface area contributed by atoms with Gasteiger partial charge in [0.25, 0.3) is 5.91 Å². The van der Waals surface area contributed by atoms with Gasteiger partial charge in [-0.1, -0.05) is 0 Å². The Labute approximate surface area is 129 Å². The van der Waals surface area contributed by atoms with Gasteiger partial charge in [-0.2, -0.15) is 0 Å². The minimum Gasteiger partial charge on any atom is -0.397 e. The van der Waals surface area contributed by atoms with Crippen molar-refractivity contribution < 1.29 is 4.79 Å². The lowest BCUT2D eigenvalue weighted by molar-refractivity contribution is 0.102. The van der Waals surface area contributed by atoms with Gasteiger partial charge in [0.2, 0.25) is 0 Å². The number of nitrogens with two attached hydrogens (primary N) is 2. The number of anilines is 4. The third-order valence-electron chi connectivity index (χ3n) is 3.78. The standard InChI is InChI=1S/C16H19N5O/c17-13-5-4-12(9-14(13)18)20-16(22)11-3-6-15(19-10-11)21-7-1-2-8-21/h3-6,9-10H,1-2,7-8,17-18H2,(H,20,22). The number of nitrogens with one attached hydrogen (secondary N) is 1. The number of nitrogen functional groups attached to an aromatic ring is 2. The summed E-state index contributed by atoms with van der Waals surface area (Å²) in [4.78, 5) is 18.8. The molecular formula is C16H19N5O. The number of pyridine rings is 1. The molecule has 1 aliphatic rings. The van der Waals surface area contributed by atoms with Crippen LogP contribution in [0.1, 0.15) is 23.2 Å². The molecular weight excluding hydrogens is 278 g/mol. The van der Waals surface area contributed by atoms with Crippen LogP contribution in [-0.4, -0.2) is 24.0 Å².